The van der Waals surface area contributed by atoms with Gasteiger partial charge in [-0.1, -0.05) is 115 Å². The molecule has 9 rings (SSSR count). The summed E-state index contributed by atoms with van der Waals surface area (Å²) < 4.78 is 0. The summed E-state index contributed by atoms with van der Waals surface area (Å²) >= 11 is 3.80. The first-order chi connectivity index (χ1) is 21.3. The molecule has 0 atom stereocenters. The number of nitrogens with zero attached hydrogens (tertiary/aromatic N) is 2. The summed E-state index contributed by atoms with van der Waals surface area (Å²) in [6, 6.07) is 55.1. The third-order valence-electron chi connectivity index (χ3n) is 8.47. The fourth-order valence-corrected chi connectivity index (χ4v) is 9.00. The van der Waals surface area contributed by atoms with E-state index in [-0.39, 0.29) is 6.98 Å². The second-order valence-corrected chi connectivity index (χ2v) is 13.0. The molecule has 0 fully saturated rings. The van der Waals surface area contributed by atoms with E-state index in [0.29, 0.717) is 0 Å². The number of fused-ring (bicyclic) bond motifs is 4. The lowest BCUT2D eigenvalue weighted by atomic mass is 9.55. The van der Waals surface area contributed by atoms with Gasteiger partial charge < -0.3 is 9.62 Å². The van der Waals surface area contributed by atoms with E-state index >= 15 is 0 Å². The lowest BCUT2D eigenvalue weighted by molar-refractivity contribution is 1.28. The predicted octanol–water partition coefficient (Wildman–Crippen LogP) is 10.5. The minimum atomic E-state index is -0.0487. The van der Waals surface area contributed by atoms with Crippen LogP contribution in [0.1, 0.15) is 0 Å². The van der Waals surface area contributed by atoms with Gasteiger partial charge in [-0.25, -0.2) is 0 Å². The van der Waals surface area contributed by atoms with Gasteiger partial charge in [0, 0.05) is 21.1 Å². The maximum absolute atomic E-state index is 2.57. The minimum absolute atomic E-state index is 0.0487. The Kier molecular flexibility index (Phi) is 5.68. The van der Waals surface area contributed by atoms with E-state index in [2.05, 4.69) is 161 Å². The van der Waals surface area contributed by atoms with Crippen LogP contribution in [0, 0.1) is 0 Å². The van der Waals surface area contributed by atoms with Crippen LogP contribution in [0.15, 0.2) is 152 Å². The van der Waals surface area contributed by atoms with Gasteiger partial charge in [-0.15, -0.1) is 22.7 Å². The van der Waals surface area contributed by atoms with Crippen LogP contribution < -0.4 is 15.1 Å². The molecule has 0 N–H and O–H groups in total. The molecule has 5 heteroatoms. The number of thiophene rings is 2. The van der Waals surface area contributed by atoms with Crippen LogP contribution in [0.5, 0.6) is 0 Å². The molecule has 0 amide bonds. The van der Waals surface area contributed by atoms with Gasteiger partial charge in [0.15, 0.2) is 0 Å². The molecule has 202 valence electrons. The highest BCUT2D eigenvalue weighted by Crippen LogP contribution is 2.55. The molecular weight excluding hydrogens is 559 g/mol. The summed E-state index contributed by atoms with van der Waals surface area (Å²) in [6.45, 7) is -0.0487. The zero-order valence-corrected chi connectivity index (χ0v) is 24.9. The van der Waals surface area contributed by atoms with E-state index in [1.54, 1.807) is 0 Å². The lowest BCUT2D eigenvalue weighted by Gasteiger charge is -2.46. The zero-order valence-electron chi connectivity index (χ0n) is 23.2. The van der Waals surface area contributed by atoms with E-state index in [9.17, 15) is 0 Å². The summed E-state index contributed by atoms with van der Waals surface area (Å²) in [4.78, 5) is 10.4. The smallest absolute Gasteiger partial charge is 0.360 e. The molecule has 0 bridgehead atoms. The van der Waals surface area contributed by atoms with Crippen LogP contribution in [0.25, 0.3) is 41.8 Å². The first kappa shape index (κ1) is 24.7. The van der Waals surface area contributed by atoms with Crippen molar-refractivity contribution in [2.45, 2.75) is 0 Å². The molecule has 2 aliphatic heterocycles. The minimum Gasteiger partial charge on any atom is -0.360 e. The fraction of sp³-hybridized carbons (Fsp3) is 0. The van der Waals surface area contributed by atoms with E-state index in [4.69, 9.17) is 0 Å². The van der Waals surface area contributed by atoms with Crippen molar-refractivity contribution >= 4 is 57.9 Å². The van der Waals surface area contributed by atoms with E-state index in [1.165, 1.54) is 70.0 Å². The summed E-state index contributed by atoms with van der Waals surface area (Å²) in [7, 11) is 0. The first-order valence-electron chi connectivity index (χ1n) is 14.6. The van der Waals surface area contributed by atoms with Crippen LogP contribution in [0.4, 0.5) is 22.7 Å². The normalized spacial score (nSPS) is 13.0. The monoisotopic (exact) mass is 584 g/mol. The van der Waals surface area contributed by atoms with E-state index in [0.717, 1.165) is 0 Å². The van der Waals surface area contributed by atoms with Gasteiger partial charge in [-0.2, -0.15) is 0 Å². The number of hydrogen-bond acceptors (Lipinski definition) is 4. The molecule has 0 saturated carbocycles. The Balaban J connectivity index is 1.36. The highest BCUT2D eigenvalue weighted by molar-refractivity contribution is 7.21. The van der Waals surface area contributed by atoms with Crippen molar-refractivity contribution in [1.29, 1.82) is 0 Å². The van der Waals surface area contributed by atoms with Gasteiger partial charge in [-0.05, 0) is 64.1 Å². The lowest BCUT2D eigenvalue weighted by Crippen LogP contribution is -2.61. The molecule has 2 aliphatic rings. The molecule has 0 saturated heterocycles. The highest BCUT2D eigenvalue weighted by atomic mass is 32.1. The number of para-hydroxylation sites is 2. The van der Waals surface area contributed by atoms with Crippen LogP contribution in [0.3, 0.4) is 0 Å². The Hall–Kier alpha value is -4.84. The molecule has 2 nitrogen and oxygen atoms in total. The molecule has 0 spiro atoms. The quantitative estimate of drug-likeness (QED) is 0.190. The Morgan fingerprint density at radius 3 is 1.23 bits per heavy atom. The van der Waals surface area contributed by atoms with Crippen molar-refractivity contribution < 1.29 is 0 Å². The van der Waals surface area contributed by atoms with Crippen LogP contribution in [-0.2, 0) is 0 Å². The summed E-state index contributed by atoms with van der Waals surface area (Å²) in [6.07, 6.45) is 0. The molecule has 7 aromatic rings. The van der Waals surface area contributed by atoms with Gasteiger partial charge in [0.05, 0.1) is 21.1 Å². The molecule has 0 aliphatic carbocycles. The van der Waals surface area contributed by atoms with Crippen molar-refractivity contribution in [2.24, 2.45) is 0 Å². The maximum atomic E-state index is 2.57. The summed E-state index contributed by atoms with van der Waals surface area (Å²) in [5.41, 5.74) is 11.4. The molecule has 0 radical (unpaired) electrons. The zero-order chi connectivity index (χ0) is 28.3. The highest BCUT2D eigenvalue weighted by Gasteiger charge is 2.48. The van der Waals surface area contributed by atoms with Gasteiger partial charge in [-0.3, -0.25) is 0 Å². The summed E-state index contributed by atoms with van der Waals surface area (Å²) in [5.74, 6) is 0. The van der Waals surface area contributed by atoms with Crippen LogP contribution in [0.2, 0.25) is 0 Å². The molecule has 4 heterocycles. The van der Waals surface area contributed by atoms with Gasteiger partial charge in [0.25, 0.3) is 0 Å². The van der Waals surface area contributed by atoms with Gasteiger partial charge in [0.1, 0.15) is 0 Å². The molecular formula is C38H25BN2S2. The standard InChI is InChI=1S/C38H25BN2S2/c1-5-14-26(15-6-1)34-24-32-37(42-34)30-22-13-23-31-36(30)39(40(32)28-18-9-3-10-19-28)41(29-20-11-4-12-21-29)33-25-35(43-38(31)33)27-16-7-2-8-17-27/h1-25H. The Labute approximate surface area is 259 Å². The Bertz CT molecular complexity index is 1940. The predicted molar refractivity (Wildman–Crippen MR) is 186 cm³/mol. The first-order valence-corrected chi connectivity index (χ1v) is 16.2. The number of anilines is 4. The average molecular weight is 585 g/mol. The molecule has 43 heavy (non-hydrogen) atoms. The molecule has 0 unspecified atom stereocenters. The second-order valence-electron chi connectivity index (χ2n) is 10.9. The van der Waals surface area contributed by atoms with E-state index in [1.807, 2.05) is 22.7 Å². The van der Waals surface area contributed by atoms with Crippen molar-refractivity contribution in [3.05, 3.63) is 152 Å². The van der Waals surface area contributed by atoms with Crippen LogP contribution >= 0.6 is 22.7 Å². The van der Waals surface area contributed by atoms with E-state index < -0.39 is 0 Å². The number of hydrogen-bond donors (Lipinski definition) is 0. The SMILES string of the molecule is c1ccc(-c2cc3c(s2)-c2cccc4c2B(N3c2ccccc2)N(c2ccccc2)c2cc(-c3ccccc3)sc2-4)cc1. The molecule has 5 aromatic carbocycles. The van der Waals surface area contributed by atoms with Crippen molar-refractivity contribution in [3.8, 4) is 41.8 Å². The third-order valence-corrected chi connectivity index (χ3v) is 10.9. The fourth-order valence-electron chi connectivity index (χ4n) is 6.61. The van der Waals surface area contributed by atoms with Crippen molar-refractivity contribution in [2.75, 3.05) is 9.62 Å². The second kappa shape index (κ2) is 9.87. The maximum Gasteiger partial charge on any atom is 0.422 e. The van der Waals surface area contributed by atoms with Crippen LogP contribution in [-0.4, -0.2) is 6.98 Å². The topological polar surface area (TPSA) is 6.48 Å². The Morgan fingerprint density at radius 1 is 0.419 bits per heavy atom. The average Bonchev–Trinajstić information content (AvgIpc) is 3.73. The Morgan fingerprint density at radius 2 is 0.814 bits per heavy atom. The van der Waals surface area contributed by atoms with Crippen molar-refractivity contribution in [3.63, 3.8) is 0 Å². The third kappa shape index (κ3) is 3.86. The molecule has 2 aromatic heterocycles. The number of benzene rings is 5. The van der Waals surface area contributed by atoms with Gasteiger partial charge in [0.2, 0.25) is 0 Å². The summed E-state index contributed by atoms with van der Waals surface area (Å²) in [5, 5.41) is 0. The number of rotatable bonds is 4. The largest absolute Gasteiger partial charge is 0.422 e. The van der Waals surface area contributed by atoms with Crippen molar-refractivity contribution in [1.82, 2.24) is 0 Å². The van der Waals surface area contributed by atoms with Gasteiger partial charge >= 0.3 is 6.98 Å².